The maximum Gasteiger partial charge on any atom is 0.305 e. The molecule has 6 heteroatoms. The van der Waals surface area contributed by atoms with Crippen molar-refractivity contribution >= 4 is 11.9 Å². The lowest BCUT2D eigenvalue weighted by Crippen LogP contribution is -2.45. The summed E-state index contributed by atoms with van der Waals surface area (Å²) in [4.78, 5) is 24.6. The summed E-state index contributed by atoms with van der Waals surface area (Å²) in [5, 5.41) is 23.4. The van der Waals surface area contributed by atoms with Gasteiger partial charge in [0.05, 0.1) is 25.4 Å². The van der Waals surface area contributed by atoms with E-state index in [-0.39, 0.29) is 18.5 Å². The predicted octanol–water partition coefficient (Wildman–Crippen LogP) is 24.7. The molecule has 0 aromatic rings. The van der Waals surface area contributed by atoms with E-state index in [0.717, 1.165) is 51.4 Å². The fraction of sp³-hybridized carbons (Fsp3) is 0.896. The number of carbonyl (C=O) groups excluding carboxylic acids is 2. The van der Waals surface area contributed by atoms with Gasteiger partial charge >= 0.3 is 5.97 Å². The Morgan fingerprint density at radius 1 is 0.337 bits per heavy atom. The van der Waals surface area contributed by atoms with Crippen LogP contribution in [0.1, 0.15) is 418 Å². The SMILES string of the molecule is CCCCCCCC/C=C\CCCCCCCC(=O)OCCCCCCCCCCC/C=C\C/C=C\CCCCCCCCCCCCCCCCCCCC(=O)NC(CO)C(O)CCCCCCCCCCCCCCCCCCCC. The van der Waals surface area contributed by atoms with Crippen molar-refractivity contribution in [3.05, 3.63) is 36.5 Å². The molecule has 0 spiro atoms. The van der Waals surface area contributed by atoms with E-state index in [0.29, 0.717) is 25.9 Å². The predicted molar refractivity (Wildman–Crippen MR) is 366 cm³/mol. The van der Waals surface area contributed by atoms with Crippen LogP contribution in [0.4, 0.5) is 0 Å². The molecule has 6 nitrogen and oxygen atoms in total. The largest absolute Gasteiger partial charge is 0.466 e. The Balaban J connectivity index is 3.38. The van der Waals surface area contributed by atoms with Gasteiger partial charge in [0.25, 0.3) is 0 Å². The van der Waals surface area contributed by atoms with Crippen LogP contribution in [0.5, 0.6) is 0 Å². The molecule has 490 valence electrons. The van der Waals surface area contributed by atoms with Crippen molar-refractivity contribution in [3.63, 3.8) is 0 Å². The number of hydrogen-bond acceptors (Lipinski definition) is 5. The molecule has 0 aliphatic heterocycles. The van der Waals surface area contributed by atoms with Crippen LogP contribution in [-0.4, -0.2) is 47.4 Å². The summed E-state index contributed by atoms with van der Waals surface area (Å²) in [6, 6.07) is -0.541. The Kier molecular flexibility index (Phi) is 70.9. The summed E-state index contributed by atoms with van der Waals surface area (Å²) in [5.74, 6) is -0.0224. The normalized spacial score (nSPS) is 12.7. The van der Waals surface area contributed by atoms with E-state index in [9.17, 15) is 19.8 Å². The van der Waals surface area contributed by atoms with E-state index in [4.69, 9.17) is 4.74 Å². The molecule has 0 aliphatic carbocycles. The molecule has 0 rings (SSSR count). The minimum absolute atomic E-state index is 0.00681. The number of ether oxygens (including phenoxy) is 1. The van der Waals surface area contributed by atoms with Crippen molar-refractivity contribution in [2.24, 2.45) is 0 Å². The third-order valence-electron chi connectivity index (χ3n) is 17.7. The highest BCUT2D eigenvalue weighted by molar-refractivity contribution is 5.76. The van der Waals surface area contributed by atoms with Gasteiger partial charge in [0, 0.05) is 12.8 Å². The average molecular weight is 1170 g/mol. The number of allylic oxidation sites excluding steroid dienone is 6. The third kappa shape index (κ3) is 69.1. The van der Waals surface area contributed by atoms with Gasteiger partial charge in [-0.05, 0) is 83.5 Å². The Morgan fingerprint density at radius 2 is 0.602 bits per heavy atom. The van der Waals surface area contributed by atoms with Gasteiger partial charge in [0.15, 0.2) is 0 Å². The van der Waals surface area contributed by atoms with Crippen LogP contribution in [-0.2, 0) is 14.3 Å². The molecular weight excluding hydrogens is 1020 g/mol. The second-order valence-corrected chi connectivity index (χ2v) is 26.0. The van der Waals surface area contributed by atoms with Crippen LogP contribution < -0.4 is 5.32 Å². The smallest absolute Gasteiger partial charge is 0.305 e. The lowest BCUT2D eigenvalue weighted by atomic mass is 10.0. The third-order valence-corrected chi connectivity index (χ3v) is 17.7. The maximum absolute atomic E-state index is 12.5. The summed E-state index contributed by atoms with van der Waals surface area (Å²) in [5.41, 5.74) is 0. The van der Waals surface area contributed by atoms with Crippen LogP contribution in [0.15, 0.2) is 36.5 Å². The van der Waals surface area contributed by atoms with E-state index >= 15 is 0 Å². The highest BCUT2D eigenvalue weighted by atomic mass is 16.5. The molecular formula is C77H147NO5. The molecule has 0 aromatic carbocycles. The van der Waals surface area contributed by atoms with Gasteiger partial charge in [0.1, 0.15) is 0 Å². The minimum atomic E-state index is -0.664. The molecule has 0 radical (unpaired) electrons. The summed E-state index contributed by atoms with van der Waals surface area (Å²) >= 11 is 0. The standard InChI is InChI=1S/C77H147NO5/c1-3-5-7-9-11-13-15-17-19-20-38-42-45-49-53-57-61-65-69-75(80)74(73-79)78-76(81)70-66-62-58-54-50-46-43-39-36-34-32-30-28-26-24-22-21-23-25-27-29-31-33-35-37-40-44-48-52-56-60-64-68-72-83-77(82)71-67-63-59-55-51-47-41-18-16-14-12-10-8-6-4-2/h18,25,27,31,33,41,74-75,79-80H,3-17,19-24,26,28-30,32,34-40,42-73H2,1-2H3,(H,78,81)/b27-25-,33-31-,41-18-. The Bertz CT molecular complexity index is 1340. The fourth-order valence-corrected chi connectivity index (χ4v) is 11.9. The zero-order valence-electron chi connectivity index (χ0n) is 56.2. The highest BCUT2D eigenvalue weighted by Crippen LogP contribution is 2.19. The van der Waals surface area contributed by atoms with Crippen molar-refractivity contribution in [3.8, 4) is 0 Å². The molecule has 0 bridgehead atoms. The van der Waals surface area contributed by atoms with Gasteiger partial charge in [-0.15, -0.1) is 0 Å². The van der Waals surface area contributed by atoms with E-state index in [2.05, 4.69) is 55.6 Å². The van der Waals surface area contributed by atoms with Gasteiger partial charge in [-0.3, -0.25) is 9.59 Å². The van der Waals surface area contributed by atoms with Gasteiger partial charge < -0.3 is 20.3 Å². The molecule has 0 aliphatic rings. The number of nitrogens with one attached hydrogen (secondary N) is 1. The Hall–Kier alpha value is -1.92. The Labute approximate surface area is 519 Å². The number of rotatable bonds is 71. The maximum atomic E-state index is 12.5. The van der Waals surface area contributed by atoms with Crippen LogP contribution in [0.25, 0.3) is 0 Å². The average Bonchev–Trinajstić information content (AvgIpc) is 3.49. The summed E-state index contributed by atoms with van der Waals surface area (Å²) in [6.07, 6.45) is 93.6. The number of carbonyl (C=O) groups is 2. The first-order chi connectivity index (χ1) is 41.0. The van der Waals surface area contributed by atoms with Crippen LogP contribution in [0.3, 0.4) is 0 Å². The van der Waals surface area contributed by atoms with Crippen molar-refractivity contribution in [1.29, 1.82) is 0 Å². The highest BCUT2D eigenvalue weighted by Gasteiger charge is 2.20. The lowest BCUT2D eigenvalue weighted by molar-refractivity contribution is -0.143. The summed E-state index contributed by atoms with van der Waals surface area (Å²) in [7, 11) is 0. The van der Waals surface area contributed by atoms with Gasteiger partial charge in [-0.2, -0.15) is 0 Å². The lowest BCUT2D eigenvalue weighted by Gasteiger charge is -2.22. The van der Waals surface area contributed by atoms with Gasteiger partial charge in [-0.25, -0.2) is 0 Å². The van der Waals surface area contributed by atoms with E-state index in [1.807, 2.05) is 0 Å². The monoisotopic (exact) mass is 1170 g/mol. The first-order valence-electron chi connectivity index (χ1n) is 37.7. The molecule has 0 saturated heterocycles. The van der Waals surface area contributed by atoms with Crippen LogP contribution in [0, 0.1) is 0 Å². The van der Waals surface area contributed by atoms with E-state index < -0.39 is 12.1 Å². The number of hydrogen-bond donors (Lipinski definition) is 3. The fourth-order valence-electron chi connectivity index (χ4n) is 11.9. The molecule has 0 saturated carbocycles. The molecule has 0 fully saturated rings. The molecule has 2 atom stereocenters. The van der Waals surface area contributed by atoms with Crippen LogP contribution >= 0.6 is 0 Å². The number of aliphatic hydroxyl groups is 2. The molecule has 0 heterocycles. The van der Waals surface area contributed by atoms with Gasteiger partial charge in [0.2, 0.25) is 5.91 Å². The summed E-state index contributed by atoms with van der Waals surface area (Å²) < 4.78 is 5.49. The molecule has 1 amide bonds. The number of unbranched alkanes of at least 4 members (excludes halogenated alkanes) is 54. The second kappa shape index (κ2) is 72.6. The number of esters is 1. The molecule has 2 unspecified atom stereocenters. The van der Waals surface area contributed by atoms with E-state index in [1.165, 1.54) is 334 Å². The first kappa shape index (κ1) is 81.1. The topological polar surface area (TPSA) is 95.9 Å². The minimum Gasteiger partial charge on any atom is -0.466 e. The zero-order valence-corrected chi connectivity index (χ0v) is 56.2. The Morgan fingerprint density at radius 3 is 0.928 bits per heavy atom. The quantitative estimate of drug-likeness (QED) is 0.0320. The van der Waals surface area contributed by atoms with E-state index in [1.54, 1.807) is 0 Å². The van der Waals surface area contributed by atoms with Crippen molar-refractivity contribution in [1.82, 2.24) is 5.32 Å². The molecule has 0 aromatic heterocycles. The first-order valence-corrected chi connectivity index (χ1v) is 37.7. The molecule has 83 heavy (non-hydrogen) atoms. The van der Waals surface area contributed by atoms with Crippen molar-refractivity contribution < 1.29 is 24.5 Å². The van der Waals surface area contributed by atoms with Crippen LogP contribution in [0.2, 0.25) is 0 Å². The van der Waals surface area contributed by atoms with Crippen molar-refractivity contribution in [2.75, 3.05) is 13.2 Å². The van der Waals surface area contributed by atoms with Gasteiger partial charge in [-0.1, -0.05) is 359 Å². The van der Waals surface area contributed by atoms with Crippen molar-refractivity contribution in [2.45, 2.75) is 431 Å². The number of aliphatic hydroxyl groups excluding tert-OH is 2. The molecule has 3 N–H and O–H groups in total. The zero-order chi connectivity index (χ0) is 59.9. The second-order valence-electron chi connectivity index (χ2n) is 26.0. The number of amides is 1. The summed E-state index contributed by atoms with van der Waals surface area (Å²) in [6.45, 7) is 4.98.